The summed E-state index contributed by atoms with van der Waals surface area (Å²) in [7, 11) is 0. The second-order valence-electron chi connectivity index (χ2n) is 3.57. The van der Waals surface area contributed by atoms with Crippen LogP contribution in [0.1, 0.15) is 52.9 Å². The van der Waals surface area contributed by atoms with Crippen molar-refractivity contribution in [2.75, 3.05) is 0 Å². The standard InChI is InChI=1S/C10H24N2/c1-4-7-10(12-11)8-9(5-2)6-3/h9-10,12H,4-8,11H2,1-3H3. The Bertz CT molecular complexity index is 89.8. The van der Waals surface area contributed by atoms with Gasteiger partial charge in [0.2, 0.25) is 0 Å². The van der Waals surface area contributed by atoms with Crippen LogP contribution in [0.15, 0.2) is 0 Å². The zero-order valence-electron chi connectivity index (χ0n) is 8.77. The molecule has 0 aliphatic rings. The molecule has 0 fully saturated rings. The van der Waals surface area contributed by atoms with E-state index in [4.69, 9.17) is 5.84 Å². The topological polar surface area (TPSA) is 38.0 Å². The molecule has 0 spiro atoms. The highest BCUT2D eigenvalue weighted by molar-refractivity contribution is 4.67. The first-order chi connectivity index (χ1) is 5.78. The number of rotatable bonds is 7. The predicted octanol–water partition coefficient (Wildman–Crippen LogP) is 2.44. The van der Waals surface area contributed by atoms with Crippen molar-refractivity contribution in [1.29, 1.82) is 0 Å². The molecule has 2 heteroatoms. The van der Waals surface area contributed by atoms with Crippen molar-refractivity contribution < 1.29 is 0 Å². The van der Waals surface area contributed by atoms with Crippen molar-refractivity contribution in [3.05, 3.63) is 0 Å². The first kappa shape index (κ1) is 11.9. The summed E-state index contributed by atoms with van der Waals surface area (Å²) in [5.41, 5.74) is 2.90. The van der Waals surface area contributed by atoms with Gasteiger partial charge in [-0.25, -0.2) is 0 Å². The van der Waals surface area contributed by atoms with Gasteiger partial charge < -0.3 is 0 Å². The number of hydrogen-bond acceptors (Lipinski definition) is 2. The normalized spacial score (nSPS) is 13.8. The lowest BCUT2D eigenvalue weighted by Gasteiger charge is -2.20. The third-order valence-electron chi connectivity index (χ3n) is 2.65. The number of nitrogens with one attached hydrogen (secondary N) is 1. The molecule has 2 nitrogen and oxygen atoms in total. The summed E-state index contributed by atoms with van der Waals surface area (Å²) in [5, 5.41) is 0. The number of hydrogen-bond donors (Lipinski definition) is 2. The summed E-state index contributed by atoms with van der Waals surface area (Å²) in [6, 6.07) is 0.528. The van der Waals surface area contributed by atoms with Crippen molar-refractivity contribution in [2.24, 2.45) is 11.8 Å². The van der Waals surface area contributed by atoms with Gasteiger partial charge in [0.1, 0.15) is 0 Å². The Morgan fingerprint density at radius 2 is 1.75 bits per heavy atom. The summed E-state index contributed by atoms with van der Waals surface area (Å²) in [4.78, 5) is 0. The van der Waals surface area contributed by atoms with Gasteiger partial charge in [-0.15, -0.1) is 0 Å². The predicted molar refractivity (Wildman–Crippen MR) is 54.7 cm³/mol. The maximum absolute atomic E-state index is 5.47. The fraction of sp³-hybridized carbons (Fsp3) is 1.00. The molecule has 0 saturated carbocycles. The van der Waals surface area contributed by atoms with E-state index in [-0.39, 0.29) is 0 Å². The Balaban J connectivity index is 3.65. The first-order valence-electron chi connectivity index (χ1n) is 5.24. The molecule has 1 atom stereocenters. The zero-order chi connectivity index (χ0) is 9.40. The Hall–Kier alpha value is -0.0800. The molecule has 0 aliphatic heterocycles. The second kappa shape index (κ2) is 7.56. The Morgan fingerprint density at radius 3 is 2.08 bits per heavy atom. The van der Waals surface area contributed by atoms with Gasteiger partial charge in [-0.1, -0.05) is 40.0 Å². The molecule has 0 aromatic carbocycles. The van der Waals surface area contributed by atoms with Crippen LogP contribution in [0.5, 0.6) is 0 Å². The molecule has 0 heterocycles. The van der Waals surface area contributed by atoms with E-state index in [1.807, 2.05) is 0 Å². The van der Waals surface area contributed by atoms with Crippen molar-refractivity contribution in [3.8, 4) is 0 Å². The summed E-state index contributed by atoms with van der Waals surface area (Å²) in [6.45, 7) is 6.72. The highest BCUT2D eigenvalue weighted by Crippen LogP contribution is 2.16. The fourth-order valence-electron chi connectivity index (χ4n) is 1.64. The van der Waals surface area contributed by atoms with Gasteiger partial charge in [-0.05, 0) is 18.8 Å². The molecule has 1 unspecified atom stereocenters. The van der Waals surface area contributed by atoms with Gasteiger partial charge in [0, 0.05) is 6.04 Å². The van der Waals surface area contributed by atoms with Crippen LogP contribution in [0, 0.1) is 5.92 Å². The van der Waals surface area contributed by atoms with Crippen LogP contribution in [-0.2, 0) is 0 Å². The molecule has 0 radical (unpaired) electrons. The maximum atomic E-state index is 5.47. The third-order valence-corrected chi connectivity index (χ3v) is 2.65. The molecule has 74 valence electrons. The van der Waals surface area contributed by atoms with Gasteiger partial charge in [0.15, 0.2) is 0 Å². The largest absolute Gasteiger partial charge is 0.271 e. The van der Waals surface area contributed by atoms with Crippen molar-refractivity contribution >= 4 is 0 Å². The monoisotopic (exact) mass is 172 g/mol. The third kappa shape index (κ3) is 4.73. The first-order valence-corrected chi connectivity index (χ1v) is 5.24. The molecular weight excluding hydrogens is 148 g/mol. The van der Waals surface area contributed by atoms with Crippen LogP contribution in [0.2, 0.25) is 0 Å². The van der Waals surface area contributed by atoms with Crippen LogP contribution in [0.25, 0.3) is 0 Å². The van der Waals surface area contributed by atoms with Gasteiger partial charge in [-0.3, -0.25) is 11.3 Å². The molecule has 0 aromatic heterocycles. The summed E-state index contributed by atoms with van der Waals surface area (Å²) < 4.78 is 0. The molecule has 0 amide bonds. The van der Waals surface area contributed by atoms with Crippen molar-refractivity contribution in [3.63, 3.8) is 0 Å². The SMILES string of the molecule is CCCC(CC(CC)CC)NN. The van der Waals surface area contributed by atoms with E-state index in [0.29, 0.717) is 6.04 Å². The van der Waals surface area contributed by atoms with Gasteiger partial charge in [0.25, 0.3) is 0 Å². The van der Waals surface area contributed by atoms with Gasteiger partial charge in [0.05, 0.1) is 0 Å². The molecule has 12 heavy (non-hydrogen) atoms. The van der Waals surface area contributed by atoms with Crippen LogP contribution in [-0.4, -0.2) is 6.04 Å². The summed E-state index contributed by atoms with van der Waals surface area (Å²) in [6.07, 6.45) is 6.20. The van der Waals surface area contributed by atoms with E-state index in [0.717, 1.165) is 5.92 Å². The lowest BCUT2D eigenvalue weighted by atomic mass is 9.93. The Labute approximate surface area is 76.9 Å². The minimum absolute atomic E-state index is 0.528. The highest BCUT2D eigenvalue weighted by atomic mass is 15.2. The zero-order valence-corrected chi connectivity index (χ0v) is 8.77. The number of nitrogens with two attached hydrogens (primary N) is 1. The lowest BCUT2D eigenvalue weighted by Crippen LogP contribution is -2.36. The minimum atomic E-state index is 0.528. The Morgan fingerprint density at radius 1 is 1.17 bits per heavy atom. The smallest absolute Gasteiger partial charge is 0.0213 e. The van der Waals surface area contributed by atoms with E-state index in [2.05, 4.69) is 26.2 Å². The maximum Gasteiger partial charge on any atom is 0.0213 e. The van der Waals surface area contributed by atoms with Crippen LogP contribution in [0.4, 0.5) is 0 Å². The average Bonchev–Trinajstić information content (AvgIpc) is 2.12. The van der Waals surface area contributed by atoms with E-state index >= 15 is 0 Å². The Kier molecular flexibility index (Phi) is 7.51. The van der Waals surface area contributed by atoms with Crippen LogP contribution >= 0.6 is 0 Å². The molecule has 0 bridgehead atoms. The molecule has 0 saturated heterocycles. The van der Waals surface area contributed by atoms with E-state index < -0.39 is 0 Å². The molecule has 3 N–H and O–H groups in total. The molecule has 0 aliphatic carbocycles. The molecular formula is C10H24N2. The highest BCUT2D eigenvalue weighted by Gasteiger charge is 2.11. The van der Waals surface area contributed by atoms with Crippen LogP contribution < -0.4 is 11.3 Å². The number of hydrazine groups is 1. The van der Waals surface area contributed by atoms with Crippen molar-refractivity contribution in [1.82, 2.24) is 5.43 Å². The van der Waals surface area contributed by atoms with E-state index in [1.54, 1.807) is 0 Å². The van der Waals surface area contributed by atoms with Crippen LogP contribution in [0.3, 0.4) is 0 Å². The summed E-state index contributed by atoms with van der Waals surface area (Å²) in [5.74, 6) is 6.31. The van der Waals surface area contributed by atoms with E-state index in [1.165, 1.54) is 32.1 Å². The van der Waals surface area contributed by atoms with E-state index in [9.17, 15) is 0 Å². The average molecular weight is 172 g/mol. The molecule has 0 aromatic rings. The lowest BCUT2D eigenvalue weighted by molar-refractivity contribution is 0.353. The second-order valence-corrected chi connectivity index (χ2v) is 3.57. The summed E-state index contributed by atoms with van der Waals surface area (Å²) >= 11 is 0. The van der Waals surface area contributed by atoms with Gasteiger partial charge in [-0.2, -0.15) is 0 Å². The van der Waals surface area contributed by atoms with Crippen molar-refractivity contribution in [2.45, 2.75) is 58.9 Å². The fourth-order valence-corrected chi connectivity index (χ4v) is 1.64. The quantitative estimate of drug-likeness (QED) is 0.457. The minimum Gasteiger partial charge on any atom is -0.271 e. The molecule has 0 rings (SSSR count). The van der Waals surface area contributed by atoms with Gasteiger partial charge >= 0.3 is 0 Å².